The Kier molecular flexibility index (Phi) is 5.02. The Labute approximate surface area is 108 Å². The zero-order chi connectivity index (χ0) is 11.9. The van der Waals surface area contributed by atoms with Crippen molar-refractivity contribution >= 4 is 21.4 Å². The highest BCUT2D eigenvalue weighted by atomic mass is 32.1. The third-order valence-corrected chi connectivity index (χ3v) is 4.20. The zero-order valence-electron chi connectivity index (χ0n) is 10.5. The van der Waals surface area contributed by atoms with Crippen LogP contribution in [-0.4, -0.2) is 13.6 Å². The second-order valence-corrected chi connectivity index (χ2v) is 5.44. The van der Waals surface area contributed by atoms with E-state index in [2.05, 4.69) is 35.0 Å². The van der Waals surface area contributed by atoms with Crippen LogP contribution in [0.1, 0.15) is 31.2 Å². The Hall–Kier alpha value is -0.860. The van der Waals surface area contributed by atoms with Gasteiger partial charge in [0.1, 0.15) is 0 Å². The molecule has 1 heterocycles. The largest absolute Gasteiger partial charge is 0.320 e. The molecule has 0 aliphatic rings. The Bertz CT molecular complexity index is 447. The highest BCUT2D eigenvalue weighted by Crippen LogP contribution is 2.26. The van der Waals surface area contributed by atoms with Crippen LogP contribution < -0.4 is 5.32 Å². The standard InChI is InChI=1S/C15H21NS/c1-16-11-7-3-2-4-8-13-12-17-15-10-6-5-9-14(13)15/h5-6,9-10,12,16H,2-4,7-8,11H2,1H3. The maximum absolute atomic E-state index is 3.20. The molecule has 0 fully saturated rings. The molecule has 0 bridgehead atoms. The Balaban J connectivity index is 1.79. The fourth-order valence-corrected chi connectivity index (χ4v) is 3.19. The second kappa shape index (κ2) is 6.77. The summed E-state index contributed by atoms with van der Waals surface area (Å²) >= 11 is 1.88. The number of hydrogen-bond acceptors (Lipinski definition) is 2. The fraction of sp³-hybridized carbons (Fsp3) is 0.467. The molecular formula is C15H21NS. The number of fused-ring (bicyclic) bond motifs is 1. The van der Waals surface area contributed by atoms with E-state index in [-0.39, 0.29) is 0 Å². The van der Waals surface area contributed by atoms with Crippen LogP contribution in [0.2, 0.25) is 0 Å². The van der Waals surface area contributed by atoms with Gasteiger partial charge in [-0.1, -0.05) is 31.0 Å². The molecule has 1 nitrogen and oxygen atoms in total. The van der Waals surface area contributed by atoms with E-state index >= 15 is 0 Å². The summed E-state index contributed by atoms with van der Waals surface area (Å²) in [7, 11) is 2.03. The Morgan fingerprint density at radius 1 is 1.06 bits per heavy atom. The molecule has 0 radical (unpaired) electrons. The average Bonchev–Trinajstić information content (AvgIpc) is 2.77. The topological polar surface area (TPSA) is 12.0 Å². The number of aryl methyl sites for hydroxylation is 1. The summed E-state index contributed by atoms with van der Waals surface area (Å²) in [5, 5.41) is 7.00. The van der Waals surface area contributed by atoms with E-state index in [1.807, 2.05) is 18.4 Å². The quantitative estimate of drug-likeness (QED) is 0.722. The lowest BCUT2D eigenvalue weighted by atomic mass is 10.1. The molecule has 92 valence electrons. The average molecular weight is 247 g/mol. The van der Waals surface area contributed by atoms with Gasteiger partial charge in [0.25, 0.3) is 0 Å². The van der Waals surface area contributed by atoms with Gasteiger partial charge < -0.3 is 5.32 Å². The van der Waals surface area contributed by atoms with E-state index < -0.39 is 0 Å². The molecule has 0 spiro atoms. The van der Waals surface area contributed by atoms with Gasteiger partial charge in [0.15, 0.2) is 0 Å². The SMILES string of the molecule is CNCCCCCCc1csc2ccccc12. The van der Waals surface area contributed by atoms with Gasteiger partial charge in [0.05, 0.1) is 0 Å². The smallest absolute Gasteiger partial charge is 0.0345 e. The molecule has 1 N–H and O–H groups in total. The molecule has 2 aromatic rings. The highest BCUT2D eigenvalue weighted by molar-refractivity contribution is 7.17. The zero-order valence-corrected chi connectivity index (χ0v) is 11.4. The van der Waals surface area contributed by atoms with Crippen molar-refractivity contribution in [2.24, 2.45) is 0 Å². The monoisotopic (exact) mass is 247 g/mol. The minimum Gasteiger partial charge on any atom is -0.320 e. The number of hydrogen-bond donors (Lipinski definition) is 1. The van der Waals surface area contributed by atoms with Gasteiger partial charge in [-0.05, 0) is 55.3 Å². The summed E-state index contributed by atoms with van der Waals surface area (Å²) in [4.78, 5) is 0. The van der Waals surface area contributed by atoms with E-state index in [1.54, 1.807) is 5.56 Å². The normalized spacial score (nSPS) is 11.1. The molecule has 0 atom stereocenters. The first-order valence-electron chi connectivity index (χ1n) is 6.51. The third kappa shape index (κ3) is 3.55. The van der Waals surface area contributed by atoms with Crippen LogP contribution in [0.3, 0.4) is 0 Å². The molecule has 0 unspecified atom stereocenters. The summed E-state index contributed by atoms with van der Waals surface area (Å²) in [5.74, 6) is 0. The Morgan fingerprint density at radius 2 is 1.88 bits per heavy atom. The molecule has 2 heteroatoms. The summed E-state index contributed by atoms with van der Waals surface area (Å²) in [6.07, 6.45) is 6.57. The van der Waals surface area contributed by atoms with Crippen molar-refractivity contribution in [3.63, 3.8) is 0 Å². The number of benzene rings is 1. The maximum atomic E-state index is 3.20. The van der Waals surface area contributed by atoms with Crippen molar-refractivity contribution < 1.29 is 0 Å². The van der Waals surface area contributed by atoms with Crippen molar-refractivity contribution in [1.82, 2.24) is 5.32 Å². The fourth-order valence-electron chi connectivity index (χ4n) is 2.20. The van der Waals surface area contributed by atoms with E-state index in [4.69, 9.17) is 0 Å². The third-order valence-electron chi connectivity index (χ3n) is 3.18. The lowest BCUT2D eigenvalue weighted by Crippen LogP contribution is -2.06. The van der Waals surface area contributed by atoms with E-state index in [1.165, 1.54) is 42.2 Å². The van der Waals surface area contributed by atoms with Gasteiger partial charge in [0, 0.05) is 4.70 Å². The molecule has 0 aliphatic carbocycles. The first kappa shape index (κ1) is 12.6. The number of nitrogens with one attached hydrogen (secondary N) is 1. The van der Waals surface area contributed by atoms with E-state index in [0.717, 1.165) is 6.54 Å². The van der Waals surface area contributed by atoms with Crippen LogP contribution in [0.25, 0.3) is 10.1 Å². The number of unbranched alkanes of at least 4 members (excludes halogenated alkanes) is 3. The predicted octanol–water partition coefficient (Wildman–Crippen LogP) is 4.22. The van der Waals surface area contributed by atoms with Crippen LogP contribution in [-0.2, 0) is 6.42 Å². The van der Waals surface area contributed by atoms with E-state index in [9.17, 15) is 0 Å². The van der Waals surface area contributed by atoms with Crippen LogP contribution >= 0.6 is 11.3 Å². The first-order valence-corrected chi connectivity index (χ1v) is 7.39. The van der Waals surface area contributed by atoms with Crippen molar-refractivity contribution in [3.8, 4) is 0 Å². The second-order valence-electron chi connectivity index (χ2n) is 4.52. The summed E-state index contributed by atoms with van der Waals surface area (Å²) in [5.41, 5.74) is 1.54. The number of thiophene rings is 1. The Morgan fingerprint density at radius 3 is 2.76 bits per heavy atom. The lowest BCUT2D eigenvalue weighted by molar-refractivity contribution is 0.617. The van der Waals surface area contributed by atoms with Crippen LogP contribution in [0.4, 0.5) is 0 Å². The van der Waals surface area contributed by atoms with Crippen LogP contribution in [0.5, 0.6) is 0 Å². The van der Waals surface area contributed by atoms with Gasteiger partial charge >= 0.3 is 0 Å². The molecule has 0 saturated carbocycles. The molecular weight excluding hydrogens is 226 g/mol. The maximum Gasteiger partial charge on any atom is 0.0345 e. The summed E-state index contributed by atoms with van der Waals surface area (Å²) in [6.45, 7) is 1.15. The molecule has 0 aliphatic heterocycles. The minimum atomic E-state index is 1.15. The summed E-state index contributed by atoms with van der Waals surface area (Å²) < 4.78 is 1.43. The van der Waals surface area contributed by atoms with Gasteiger partial charge in [0.2, 0.25) is 0 Å². The molecule has 1 aromatic heterocycles. The van der Waals surface area contributed by atoms with E-state index in [0.29, 0.717) is 0 Å². The number of rotatable bonds is 7. The van der Waals surface area contributed by atoms with Crippen molar-refractivity contribution in [2.45, 2.75) is 32.1 Å². The molecule has 17 heavy (non-hydrogen) atoms. The highest BCUT2D eigenvalue weighted by Gasteiger charge is 2.02. The predicted molar refractivity (Wildman–Crippen MR) is 77.9 cm³/mol. The van der Waals surface area contributed by atoms with Crippen molar-refractivity contribution in [3.05, 3.63) is 35.2 Å². The van der Waals surface area contributed by atoms with Gasteiger partial charge in [-0.25, -0.2) is 0 Å². The van der Waals surface area contributed by atoms with Crippen molar-refractivity contribution in [1.29, 1.82) is 0 Å². The first-order chi connectivity index (χ1) is 8.42. The molecule has 0 amide bonds. The molecule has 2 rings (SSSR count). The van der Waals surface area contributed by atoms with Gasteiger partial charge in [-0.15, -0.1) is 11.3 Å². The van der Waals surface area contributed by atoms with Gasteiger partial charge in [-0.3, -0.25) is 0 Å². The lowest BCUT2D eigenvalue weighted by Gasteiger charge is -2.01. The molecule has 0 saturated heterocycles. The van der Waals surface area contributed by atoms with Crippen LogP contribution in [0.15, 0.2) is 29.6 Å². The molecule has 1 aromatic carbocycles. The van der Waals surface area contributed by atoms with Crippen molar-refractivity contribution in [2.75, 3.05) is 13.6 Å². The minimum absolute atomic E-state index is 1.15. The summed E-state index contributed by atoms with van der Waals surface area (Å²) in [6, 6.07) is 8.74. The van der Waals surface area contributed by atoms with Crippen LogP contribution in [0, 0.1) is 0 Å². The van der Waals surface area contributed by atoms with Gasteiger partial charge in [-0.2, -0.15) is 0 Å².